The molecule has 0 saturated heterocycles. The number of thioether (sulfide) groups is 1. The smallest absolute Gasteiger partial charge is 0.294 e. The van der Waals surface area contributed by atoms with Crippen LogP contribution >= 0.6 is 11.8 Å². The molecular formula is C18H23F3N2OS. The van der Waals surface area contributed by atoms with E-state index < -0.39 is 17.5 Å². The van der Waals surface area contributed by atoms with Crippen molar-refractivity contribution in [3.8, 4) is 0 Å². The second-order valence-corrected chi connectivity index (χ2v) is 6.48. The molecule has 0 aromatic heterocycles. The van der Waals surface area contributed by atoms with Gasteiger partial charge in [-0.05, 0) is 43.9 Å². The molecule has 0 aliphatic carbocycles. The second-order valence-electron chi connectivity index (χ2n) is 5.50. The zero-order valence-electron chi connectivity index (χ0n) is 14.4. The molecule has 0 amide bonds. The number of allylic oxidation sites excluding steroid dienone is 2. The largest absolute Gasteiger partial charge is 0.413 e. The summed E-state index contributed by atoms with van der Waals surface area (Å²) in [6.07, 6.45) is 0.861. The number of rotatable bonds is 10. The topological polar surface area (TPSA) is 41.5 Å². The lowest BCUT2D eigenvalue weighted by atomic mass is 10.0. The molecule has 0 fully saturated rings. The Bertz CT molecular complexity index is 598. The van der Waals surface area contributed by atoms with Crippen LogP contribution in [-0.2, 0) is 4.79 Å². The highest BCUT2D eigenvalue weighted by Gasteiger charge is 2.34. The molecule has 1 rings (SSSR count). The van der Waals surface area contributed by atoms with Crippen molar-refractivity contribution in [1.29, 1.82) is 0 Å². The van der Waals surface area contributed by atoms with Gasteiger partial charge in [0.1, 0.15) is 0 Å². The first-order valence-electron chi connectivity index (χ1n) is 8.00. The number of nitrogens with one attached hydrogen (secondary N) is 1. The van der Waals surface area contributed by atoms with Gasteiger partial charge in [-0.3, -0.25) is 10.2 Å². The molecule has 0 radical (unpaired) electrons. The van der Waals surface area contributed by atoms with Gasteiger partial charge in [-0.15, -0.1) is 0 Å². The molecule has 0 aliphatic heterocycles. The summed E-state index contributed by atoms with van der Waals surface area (Å²) in [5.41, 5.74) is 1.96. The second kappa shape index (κ2) is 11.0. The highest BCUT2D eigenvalue weighted by atomic mass is 32.2. The summed E-state index contributed by atoms with van der Waals surface area (Å²) >= 11 is 1.71. The third kappa shape index (κ3) is 8.25. The summed E-state index contributed by atoms with van der Waals surface area (Å²) in [6.45, 7) is 0.912. The fraction of sp³-hybridized carbons (Fsp3) is 0.444. The van der Waals surface area contributed by atoms with Gasteiger partial charge in [-0.2, -0.15) is 30.0 Å². The number of hydrazone groups is 1. The predicted molar refractivity (Wildman–Crippen MR) is 99.2 cm³/mol. The Labute approximate surface area is 150 Å². The standard InChI is InChI=1S/C18H23F3N2OS/c1-14(18(19,20)21)16(17(24)11-7-4-8-12-25-2)13-22-23-15-9-5-3-6-10-15/h3,5-6,9-10,13,23H,4,7-8,11-12H2,1-2H3/b16-14-,22-13-. The number of carbonyl (C=O) groups is 1. The van der Waals surface area contributed by atoms with Crippen LogP contribution in [-0.4, -0.2) is 30.2 Å². The van der Waals surface area contributed by atoms with E-state index in [-0.39, 0.29) is 12.0 Å². The van der Waals surface area contributed by atoms with E-state index in [2.05, 4.69) is 10.5 Å². The van der Waals surface area contributed by atoms with E-state index in [1.807, 2.05) is 12.3 Å². The van der Waals surface area contributed by atoms with Crippen molar-refractivity contribution in [2.45, 2.75) is 38.8 Å². The van der Waals surface area contributed by atoms with Gasteiger partial charge in [0.15, 0.2) is 5.78 Å². The average molecular weight is 372 g/mol. The van der Waals surface area contributed by atoms with Crippen molar-refractivity contribution >= 4 is 29.4 Å². The lowest BCUT2D eigenvalue weighted by molar-refractivity contribution is -0.117. The summed E-state index contributed by atoms with van der Waals surface area (Å²) in [6, 6.07) is 8.81. The lowest BCUT2D eigenvalue weighted by Gasteiger charge is -2.11. The summed E-state index contributed by atoms with van der Waals surface area (Å²) < 4.78 is 39.0. The van der Waals surface area contributed by atoms with Gasteiger partial charge in [0, 0.05) is 17.6 Å². The van der Waals surface area contributed by atoms with E-state index in [4.69, 9.17) is 0 Å². The number of benzene rings is 1. The number of para-hydroxylation sites is 1. The number of nitrogens with zero attached hydrogens (tertiary/aromatic N) is 1. The molecule has 0 atom stereocenters. The van der Waals surface area contributed by atoms with Gasteiger partial charge in [0.25, 0.3) is 0 Å². The van der Waals surface area contributed by atoms with Gasteiger partial charge in [0.05, 0.1) is 11.9 Å². The number of carbonyl (C=O) groups excluding carboxylic acids is 1. The number of alkyl halides is 3. The van der Waals surface area contributed by atoms with Gasteiger partial charge in [-0.1, -0.05) is 24.6 Å². The average Bonchev–Trinajstić information content (AvgIpc) is 2.58. The maximum absolute atomic E-state index is 13.0. The Morgan fingerprint density at radius 1 is 1.20 bits per heavy atom. The zero-order valence-corrected chi connectivity index (χ0v) is 15.2. The molecule has 7 heteroatoms. The summed E-state index contributed by atoms with van der Waals surface area (Å²) in [5, 5.41) is 3.80. The molecule has 0 spiro atoms. The zero-order chi connectivity index (χ0) is 18.7. The van der Waals surface area contributed by atoms with E-state index in [0.29, 0.717) is 12.1 Å². The van der Waals surface area contributed by atoms with Crippen LogP contribution < -0.4 is 5.43 Å². The molecule has 0 heterocycles. The first-order chi connectivity index (χ1) is 11.9. The molecule has 25 heavy (non-hydrogen) atoms. The van der Waals surface area contributed by atoms with Gasteiger partial charge >= 0.3 is 6.18 Å². The minimum absolute atomic E-state index is 0.0918. The SMILES string of the molecule is CSCCCCCC(=O)C(/C=N\Nc1ccccc1)=C(/C)C(F)(F)F. The summed E-state index contributed by atoms with van der Waals surface area (Å²) in [4.78, 5) is 12.2. The van der Waals surface area contributed by atoms with Crippen molar-refractivity contribution in [1.82, 2.24) is 0 Å². The minimum atomic E-state index is -4.55. The van der Waals surface area contributed by atoms with Crippen LogP contribution in [0.3, 0.4) is 0 Å². The molecule has 0 bridgehead atoms. The van der Waals surface area contributed by atoms with Crippen molar-refractivity contribution in [3.63, 3.8) is 0 Å². The number of halogens is 3. The number of Topliss-reactive ketones (excluding diaryl/α,β-unsaturated/α-hetero) is 1. The summed E-state index contributed by atoms with van der Waals surface area (Å²) in [5.74, 6) is 0.457. The number of unbranched alkanes of at least 4 members (excludes halogenated alkanes) is 2. The van der Waals surface area contributed by atoms with Crippen molar-refractivity contribution in [2.24, 2.45) is 5.10 Å². The predicted octanol–water partition coefficient (Wildman–Crippen LogP) is 5.46. The number of ketones is 1. The van der Waals surface area contributed by atoms with Crippen LogP contribution in [0.15, 0.2) is 46.6 Å². The first-order valence-corrected chi connectivity index (χ1v) is 9.40. The lowest BCUT2D eigenvalue weighted by Crippen LogP contribution is -2.17. The number of hydrogen-bond acceptors (Lipinski definition) is 4. The van der Waals surface area contributed by atoms with E-state index in [1.165, 1.54) is 0 Å². The molecule has 1 aromatic carbocycles. The molecule has 138 valence electrons. The van der Waals surface area contributed by atoms with Gasteiger partial charge < -0.3 is 0 Å². The molecule has 0 saturated carbocycles. The van der Waals surface area contributed by atoms with Gasteiger partial charge in [0.2, 0.25) is 0 Å². The Morgan fingerprint density at radius 2 is 1.88 bits per heavy atom. The fourth-order valence-electron chi connectivity index (χ4n) is 2.06. The monoisotopic (exact) mass is 372 g/mol. The highest BCUT2D eigenvalue weighted by molar-refractivity contribution is 7.98. The van der Waals surface area contributed by atoms with E-state index >= 15 is 0 Å². The highest BCUT2D eigenvalue weighted by Crippen LogP contribution is 2.28. The van der Waals surface area contributed by atoms with Crippen LogP contribution in [0, 0.1) is 0 Å². The Morgan fingerprint density at radius 3 is 2.48 bits per heavy atom. The maximum atomic E-state index is 13.0. The fourth-order valence-corrected chi connectivity index (χ4v) is 2.55. The quantitative estimate of drug-likeness (QED) is 0.257. The van der Waals surface area contributed by atoms with E-state index in [1.54, 1.807) is 36.0 Å². The minimum Gasteiger partial charge on any atom is -0.294 e. The van der Waals surface area contributed by atoms with Crippen molar-refractivity contribution < 1.29 is 18.0 Å². The Kier molecular flexibility index (Phi) is 9.34. The molecule has 0 unspecified atom stereocenters. The molecule has 0 aliphatic rings. The third-order valence-corrected chi connectivity index (χ3v) is 4.24. The van der Waals surface area contributed by atoms with Crippen LogP contribution in [0.5, 0.6) is 0 Å². The molecule has 3 nitrogen and oxygen atoms in total. The van der Waals surface area contributed by atoms with Crippen LogP contribution in [0.1, 0.15) is 32.6 Å². The van der Waals surface area contributed by atoms with Gasteiger partial charge in [-0.25, -0.2) is 0 Å². The molecule has 1 aromatic rings. The molecular weight excluding hydrogens is 349 g/mol. The van der Waals surface area contributed by atoms with Crippen LogP contribution in [0.4, 0.5) is 18.9 Å². The maximum Gasteiger partial charge on any atom is 0.413 e. The van der Waals surface area contributed by atoms with Crippen molar-refractivity contribution in [2.75, 3.05) is 17.4 Å². The number of hydrogen-bond donors (Lipinski definition) is 1. The Balaban J connectivity index is 2.78. The van der Waals surface area contributed by atoms with E-state index in [9.17, 15) is 18.0 Å². The van der Waals surface area contributed by atoms with Crippen LogP contribution in [0.25, 0.3) is 0 Å². The third-order valence-electron chi connectivity index (χ3n) is 3.54. The Hall–Kier alpha value is -1.76. The number of anilines is 1. The normalized spacial score (nSPS) is 13.0. The molecule has 1 N–H and O–H groups in total. The van der Waals surface area contributed by atoms with E-state index in [0.717, 1.165) is 31.7 Å². The summed E-state index contributed by atoms with van der Waals surface area (Å²) in [7, 11) is 0. The first kappa shape index (κ1) is 21.3. The van der Waals surface area contributed by atoms with Crippen molar-refractivity contribution in [3.05, 3.63) is 41.5 Å². The van der Waals surface area contributed by atoms with Crippen LogP contribution in [0.2, 0.25) is 0 Å².